The van der Waals surface area contributed by atoms with E-state index in [1.165, 1.54) is 0 Å². The van der Waals surface area contributed by atoms with E-state index in [1.807, 2.05) is 24.3 Å². The van der Waals surface area contributed by atoms with Crippen molar-refractivity contribution < 1.29 is 14.9 Å². The number of rotatable bonds is 8. The maximum Gasteiger partial charge on any atom is 0.119 e. The van der Waals surface area contributed by atoms with Crippen LogP contribution in [0.5, 0.6) is 5.75 Å². The molecule has 2 unspecified atom stereocenters. The quantitative estimate of drug-likeness (QED) is 0.656. The molecule has 0 heterocycles. The van der Waals surface area contributed by atoms with Crippen LogP contribution in [0.25, 0.3) is 0 Å². The van der Waals surface area contributed by atoms with Crippen molar-refractivity contribution in [3.05, 3.63) is 29.8 Å². The first-order valence-electron chi connectivity index (χ1n) is 6.43. The highest BCUT2D eigenvalue weighted by Gasteiger charge is 2.07. The zero-order valence-corrected chi connectivity index (χ0v) is 11.1. The molecular formula is C14H23NO3. The monoisotopic (exact) mass is 253 g/mol. The Bertz CT molecular complexity index is 324. The fraction of sp³-hybridized carbons (Fsp3) is 0.571. The van der Waals surface area contributed by atoms with Gasteiger partial charge in [-0.2, -0.15) is 0 Å². The maximum absolute atomic E-state index is 9.92. The minimum Gasteiger partial charge on any atom is -0.494 e. The average molecular weight is 253 g/mol. The van der Waals surface area contributed by atoms with Gasteiger partial charge in [0.15, 0.2) is 0 Å². The normalized spacial score (nSPS) is 14.2. The Labute approximate surface area is 109 Å². The van der Waals surface area contributed by atoms with Crippen LogP contribution in [-0.4, -0.2) is 36.0 Å². The highest BCUT2D eigenvalue weighted by molar-refractivity contribution is 5.28. The van der Waals surface area contributed by atoms with Gasteiger partial charge in [0.1, 0.15) is 5.75 Å². The Morgan fingerprint density at radius 3 is 2.39 bits per heavy atom. The number of nitrogens with one attached hydrogen (secondary N) is 1. The fourth-order valence-corrected chi connectivity index (χ4v) is 1.55. The van der Waals surface area contributed by atoms with Gasteiger partial charge < -0.3 is 20.3 Å². The van der Waals surface area contributed by atoms with E-state index in [4.69, 9.17) is 9.84 Å². The van der Waals surface area contributed by atoms with Gasteiger partial charge in [-0.05, 0) is 31.0 Å². The van der Waals surface area contributed by atoms with Crippen molar-refractivity contribution in [1.29, 1.82) is 0 Å². The van der Waals surface area contributed by atoms with Gasteiger partial charge in [-0.25, -0.2) is 0 Å². The highest BCUT2D eigenvalue weighted by Crippen LogP contribution is 2.17. The van der Waals surface area contributed by atoms with Crippen LogP contribution in [0.1, 0.15) is 31.9 Å². The van der Waals surface area contributed by atoms with Crippen LogP contribution in [-0.2, 0) is 0 Å². The average Bonchev–Trinajstić information content (AvgIpc) is 2.36. The second-order valence-electron chi connectivity index (χ2n) is 4.44. The summed E-state index contributed by atoms with van der Waals surface area (Å²) in [6, 6.07) is 7.45. The molecule has 0 saturated carbocycles. The first-order valence-corrected chi connectivity index (χ1v) is 6.43. The largest absolute Gasteiger partial charge is 0.494 e. The molecule has 3 N–H and O–H groups in total. The molecule has 2 atom stereocenters. The SMILES string of the molecule is CCCOc1ccc(C(O)CNCC(C)O)cc1. The zero-order valence-electron chi connectivity index (χ0n) is 11.1. The molecule has 4 heteroatoms. The summed E-state index contributed by atoms with van der Waals surface area (Å²) in [6.45, 7) is 5.39. The van der Waals surface area contributed by atoms with E-state index in [-0.39, 0.29) is 0 Å². The smallest absolute Gasteiger partial charge is 0.119 e. The van der Waals surface area contributed by atoms with Crippen molar-refractivity contribution in [2.75, 3.05) is 19.7 Å². The van der Waals surface area contributed by atoms with E-state index < -0.39 is 12.2 Å². The van der Waals surface area contributed by atoms with Crippen molar-refractivity contribution in [2.24, 2.45) is 0 Å². The lowest BCUT2D eigenvalue weighted by Gasteiger charge is -2.14. The number of ether oxygens (including phenoxy) is 1. The van der Waals surface area contributed by atoms with Crippen LogP contribution in [0.3, 0.4) is 0 Å². The second kappa shape index (κ2) is 8.08. The van der Waals surface area contributed by atoms with Crippen molar-refractivity contribution >= 4 is 0 Å². The summed E-state index contributed by atoms with van der Waals surface area (Å²) in [5.74, 6) is 0.824. The minimum atomic E-state index is -0.566. The number of aliphatic hydroxyl groups excluding tert-OH is 2. The van der Waals surface area contributed by atoms with Gasteiger partial charge in [0.05, 0.1) is 18.8 Å². The van der Waals surface area contributed by atoms with E-state index in [0.29, 0.717) is 19.7 Å². The summed E-state index contributed by atoms with van der Waals surface area (Å²) < 4.78 is 5.47. The predicted octanol–water partition coefficient (Wildman–Crippen LogP) is 1.48. The zero-order chi connectivity index (χ0) is 13.4. The van der Waals surface area contributed by atoms with Gasteiger partial charge in [0.25, 0.3) is 0 Å². The molecule has 0 saturated heterocycles. The summed E-state index contributed by atoms with van der Waals surface area (Å²) in [6.07, 6.45) is 0.0131. The lowest BCUT2D eigenvalue weighted by Crippen LogP contribution is -2.28. The molecule has 0 fully saturated rings. The Hall–Kier alpha value is -1.10. The van der Waals surface area contributed by atoms with E-state index in [2.05, 4.69) is 12.2 Å². The second-order valence-corrected chi connectivity index (χ2v) is 4.44. The van der Waals surface area contributed by atoms with Crippen molar-refractivity contribution in [2.45, 2.75) is 32.5 Å². The molecule has 0 aliphatic heterocycles. The number of aliphatic hydroxyl groups is 2. The van der Waals surface area contributed by atoms with Gasteiger partial charge >= 0.3 is 0 Å². The molecule has 0 spiro atoms. The third-order valence-corrected chi connectivity index (χ3v) is 2.52. The van der Waals surface area contributed by atoms with E-state index in [0.717, 1.165) is 17.7 Å². The maximum atomic E-state index is 9.92. The van der Waals surface area contributed by atoms with Gasteiger partial charge in [0, 0.05) is 13.1 Å². The topological polar surface area (TPSA) is 61.7 Å². The Kier molecular flexibility index (Phi) is 6.72. The Balaban J connectivity index is 2.40. The van der Waals surface area contributed by atoms with Gasteiger partial charge in [-0.1, -0.05) is 19.1 Å². The molecule has 1 rings (SSSR count). The molecule has 0 amide bonds. The molecule has 1 aromatic rings. The third-order valence-electron chi connectivity index (χ3n) is 2.52. The van der Waals surface area contributed by atoms with Gasteiger partial charge in [0.2, 0.25) is 0 Å². The van der Waals surface area contributed by atoms with Crippen molar-refractivity contribution in [3.63, 3.8) is 0 Å². The van der Waals surface area contributed by atoms with Gasteiger partial charge in [-0.15, -0.1) is 0 Å². The Morgan fingerprint density at radius 1 is 1.17 bits per heavy atom. The molecule has 0 aliphatic carbocycles. The summed E-state index contributed by atoms with van der Waals surface area (Å²) in [7, 11) is 0. The lowest BCUT2D eigenvalue weighted by atomic mass is 10.1. The van der Waals surface area contributed by atoms with Crippen LogP contribution in [0, 0.1) is 0 Å². The standard InChI is InChI=1S/C14H23NO3/c1-3-8-18-13-6-4-12(5-7-13)14(17)10-15-9-11(2)16/h4-7,11,14-17H,3,8-10H2,1-2H3. The molecule has 0 radical (unpaired) electrons. The van der Waals surface area contributed by atoms with Crippen LogP contribution < -0.4 is 10.1 Å². The van der Waals surface area contributed by atoms with Crippen molar-refractivity contribution in [1.82, 2.24) is 5.32 Å². The van der Waals surface area contributed by atoms with Crippen LogP contribution in [0.4, 0.5) is 0 Å². The molecule has 0 aromatic heterocycles. The molecular weight excluding hydrogens is 230 g/mol. The van der Waals surface area contributed by atoms with E-state index in [1.54, 1.807) is 6.92 Å². The summed E-state index contributed by atoms with van der Waals surface area (Å²) >= 11 is 0. The summed E-state index contributed by atoms with van der Waals surface area (Å²) in [5.41, 5.74) is 0.844. The van der Waals surface area contributed by atoms with Crippen LogP contribution in [0.15, 0.2) is 24.3 Å². The predicted molar refractivity (Wildman–Crippen MR) is 71.7 cm³/mol. The lowest BCUT2D eigenvalue weighted by molar-refractivity contribution is 0.154. The molecule has 0 bridgehead atoms. The van der Waals surface area contributed by atoms with E-state index >= 15 is 0 Å². The van der Waals surface area contributed by atoms with E-state index in [9.17, 15) is 5.11 Å². The summed E-state index contributed by atoms with van der Waals surface area (Å²) in [5, 5.41) is 22.0. The molecule has 1 aromatic carbocycles. The molecule has 102 valence electrons. The van der Waals surface area contributed by atoms with Crippen LogP contribution in [0.2, 0.25) is 0 Å². The third kappa shape index (κ3) is 5.49. The van der Waals surface area contributed by atoms with Crippen LogP contribution >= 0.6 is 0 Å². The van der Waals surface area contributed by atoms with Gasteiger partial charge in [-0.3, -0.25) is 0 Å². The number of benzene rings is 1. The minimum absolute atomic E-state index is 0.401. The first-order chi connectivity index (χ1) is 8.63. The Morgan fingerprint density at radius 2 is 1.83 bits per heavy atom. The first kappa shape index (κ1) is 15.0. The fourth-order valence-electron chi connectivity index (χ4n) is 1.55. The summed E-state index contributed by atoms with van der Waals surface area (Å²) in [4.78, 5) is 0. The number of hydrogen-bond donors (Lipinski definition) is 3. The highest BCUT2D eigenvalue weighted by atomic mass is 16.5. The number of hydrogen-bond acceptors (Lipinski definition) is 4. The molecule has 0 aliphatic rings. The van der Waals surface area contributed by atoms with Crippen molar-refractivity contribution in [3.8, 4) is 5.75 Å². The molecule has 18 heavy (non-hydrogen) atoms. The molecule has 4 nitrogen and oxygen atoms in total.